The molecule has 3 aliphatic rings. The normalized spacial score (nSPS) is 26.0. The smallest absolute Gasteiger partial charge is 0.206 e. The van der Waals surface area contributed by atoms with E-state index in [1.807, 2.05) is 12.2 Å². The summed E-state index contributed by atoms with van der Waals surface area (Å²) in [4.78, 5) is 4.46. The Labute approximate surface area is 139 Å². The zero-order valence-electron chi connectivity index (χ0n) is 12.7. The van der Waals surface area contributed by atoms with Crippen LogP contribution in [0, 0.1) is 5.92 Å². The molecule has 0 N–H and O–H groups in total. The highest BCUT2D eigenvalue weighted by Gasteiger charge is 2.41. The lowest BCUT2D eigenvalue weighted by atomic mass is 9.94. The molecule has 0 radical (unpaired) electrons. The number of ether oxygens (including phenoxy) is 4. The van der Waals surface area contributed by atoms with Gasteiger partial charge < -0.3 is 18.9 Å². The Kier molecular flexibility index (Phi) is 3.91. The minimum atomic E-state index is -0.703. The summed E-state index contributed by atoms with van der Waals surface area (Å²) in [6.45, 7) is 2.66. The molecule has 1 aromatic rings. The molecule has 6 heteroatoms. The third-order valence-electron chi connectivity index (χ3n) is 4.45. The molecule has 0 aromatic carbocycles. The number of aromatic nitrogens is 1. The Hall–Kier alpha value is -1.72. The fraction of sp³-hybridized carbons (Fsp3) is 0.471. The van der Waals surface area contributed by atoms with Gasteiger partial charge in [-0.3, -0.25) is 0 Å². The highest BCUT2D eigenvalue weighted by molar-refractivity contribution is 6.29. The monoisotopic (exact) mass is 335 g/mol. The number of fused-ring (bicyclic) bond motifs is 2. The molecule has 4 rings (SSSR count). The molecular weight excluding hydrogens is 318 g/mol. The van der Waals surface area contributed by atoms with Crippen LogP contribution >= 0.6 is 11.6 Å². The van der Waals surface area contributed by atoms with Crippen molar-refractivity contribution in [3.63, 3.8) is 0 Å². The number of halogens is 1. The van der Waals surface area contributed by atoms with Crippen molar-refractivity contribution in [2.75, 3.05) is 26.4 Å². The van der Waals surface area contributed by atoms with E-state index in [-0.39, 0.29) is 0 Å². The summed E-state index contributed by atoms with van der Waals surface area (Å²) in [7, 11) is 0. The van der Waals surface area contributed by atoms with Crippen molar-refractivity contribution in [2.24, 2.45) is 5.92 Å². The van der Waals surface area contributed by atoms with E-state index in [4.69, 9.17) is 30.5 Å². The SMILES string of the molecule is Clc1cc(OCC2CCOCC2)c2c(n1)C1(C=COC1)OC=C2. The maximum Gasteiger partial charge on any atom is 0.206 e. The first kappa shape index (κ1) is 14.8. The highest BCUT2D eigenvalue weighted by atomic mass is 35.5. The highest BCUT2D eigenvalue weighted by Crippen LogP contribution is 2.41. The Balaban J connectivity index is 1.62. The predicted octanol–water partition coefficient (Wildman–Crippen LogP) is 3.28. The molecular formula is C17H18ClNO4. The maximum absolute atomic E-state index is 6.21. The standard InChI is InChI=1S/C17H18ClNO4/c18-15-9-14(22-10-12-1-5-20-6-2-12)13-3-7-23-17(16(13)19-15)4-8-21-11-17/h3-4,7-9,12H,1-2,5-6,10-11H2. The fourth-order valence-corrected chi connectivity index (χ4v) is 3.29. The summed E-state index contributed by atoms with van der Waals surface area (Å²) in [5.41, 5.74) is 0.942. The zero-order valence-corrected chi connectivity index (χ0v) is 13.4. The first-order chi connectivity index (χ1) is 11.3. The minimum Gasteiger partial charge on any atom is -0.496 e. The minimum absolute atomic E-state index is 0.386. The second kappa shape index (κ2) is 6.06. The molecule has 5 nitrogen and oxygen atoms in total. The lowest BCUT2D eigenvalue weighted by molar-refractivity contribution is 0.0210. The molecule has 4 heterocycles. The van der Waals surface area contributed by atoms with Crippen molar-refractivity contribution < 1.29 is 18.9 Å². The number of hydrogen-bond acceptors (Lipinski definition) is 5. The molecule has 0 amide bonds. The van der Waals surface area contributed by atoms with E-state index in [9.17, 15) is 0 Å². The third-order valence-corrected chi connectivity index (χ3v) is 4.64. The Morgan fingerprint density at radius 2 is 2.17 bits per heavy atom. The molecule has 1 saturated heterocycles. The van der Waals surface area contributed by atoms with Gasteiger partial charge in [-0.1, -0.05) is 11.6 Å². The maximum atomic E-state index is 6.21. The molecule has 0 saturated carbocycles. The van der Waals surface area contributed by atoms with Crippen LogP contribution in [0.1, 0.15) is 24.1 Å². The predicted molar refractivity (Wildman–Crippen MR) is 85.2 cm³/mol. The van der Waals surface area contributed by atoms with Crippen LogP contribution in [0.3, 0.4) is 0 Å². The molecule has 1 spiro atoms. The van der Waals surface area contributed by atoms with Crippen LogP contribution < -0.4 is 4.74 Å². The zero-order chi connectivity index (χ0) is 15.7. The van der Waals surface area contributed by atoms with Crippen LogP contribution in [0.2, 0.25) is 5.15 Å². The average Bonchev–Trinajstić information content (AvgIpc) is 3.04. The van der Waals surface area contributed by atoms with Gasteiger partial charge in [0.1, 0.15) is 23.2 Å². The molecule has 0 bridgehead atoms. The quantitative estimate of drug-likeness (QED) is 0.793. The van der Waals surface area contributed by atoms with Crippen LogP contribution in [0.5, 0.6) is 5.75 Å². The summed E-state index contributed by atoms with van der Waals surface area (Å²) in [5, 5.41) is 0.393. The van der Waals surface area contributed by atoms with E-state index >= 15 is 0 Å². The van der Waals surface area contributed by atoms with Gasteiger partial charge in [-0.2, -0.15) is 0 Å². The average molecular weight is 336 g/mol. The number of nitrogens with zero attached hydrogens (tertiary/aromatic N) is 1. The van der Waals surface area contributed by atoms with Gasteiger partial charge in [0.25, 0.3) is 0 Å². The molecule has 1 atom stereocenters. The van der Waals surface area contributed by atoms with Crippen LogP contribution in [0.15, 0.2) is 24.7 Å². The Bertz CT molecular complexity index is 654. The molecule has 3 aliphatic heterocycles. The van der Waals surface area contributed by atoms with Crippen molar-refractivity contribution >= 4 is 17.7 Å². The summed E-state index contributed by atoms with van der Waals surface area (Å²) < 4.78 is 22.6. The van der Waals surface area contributed by atoms with Crippen molar-refractivity contribution in [1.82, 2.24) is 4.98 Å². The Morgan fingerprint density at radius 3 is 2.96 bits per heavy atom. The lowest BCUT2D eigenvalue weighted by Gasteiger charge is -2.30. The van der Waals surface area contributed by atoms with E-state index in [2.05, 4.69) is 4.98 Å². The van der Waals surface area contributed by atoms with Crippen molar-refractivity contribution in [3.8, 4) is 5.75 Å². The summed E-state index contributed by atoms with van der Waals surface area (Å²) in [5.74, 6) is 1.25. The number of hydrogen-bond donors (Lipinski definition) is 0. The van der Waals surface area contributed by atoms with E-state index < -0.39 is 5.60 Å². The number of rotatable bonds is 3. The fourth-order valence-electron chi connectivity index (χ4n) is 3.10. The van der Waals surface area contributed by atoms with Crippen LogP contribution in [-0.4, -0.2) is 31.4 Å². The van der Waals surface area contributed by atoms with Gasteiger partial charge in [0.2, 0.25) is 5.60 Å². The van der Waals surface area contributed by atoms with Gasteiger partial charge in [0.05, 0.1) is 19.1 Å². The van der Waals surface area contributed by atoms with E-state index in [0.717, 1.165) is 43.1 Å². The molecule has 1 fully saturated rings. The molecule has 1 aromatic heterocycles. The summed E-state index contributed by atoms with van der Waals surface area (Å²) in [6, 6.07) is 1.77. The lowest BCUT2D eigenvalue weighted by Crippen LogP contribution is -2.32. The molecule has 122 valence electrons. The summed E-state index contributed by atoms with van der Waals surface area (Å²) in [6.07, 6.45) is 9.09. The molecule has 0 aliphatic carbocycles. The van der Waals surface area contributed by atoms with Crippen molar-refractivity contribution in [2.45, 2.75) is 18.4 Å². The second-order valence-corrected chi connectivity index (χ2v) is 6.38. The van der Waals surface area contributed by atoms with Gasteiger partial charge in [-0.05, 0) is 24.8 Å². The van der Waals surface area contributed by atoms with Crippen LogP contribution in [0.25, 0.3) is 6.08 Å². The topological polar surface area (TPSA) is 49.8 Å². The van der Waals surface area contributed by atoms with Crippen molar-refractivity contribution in [1.29, 1.82) is 0 Å². The first-order valence-corrected chi connectivity index (χ1v) is 8.20. The summed E-state index contributed by atoms with van der Waals surface area (Å²) >= 11 is 6.21. The van der Waals surface area contributed by atoms with Gasteiger partial charge >= 0.3 is 0 Å². The molecule has 1 unspecified atom stereocenters. The van der Waals surface area contributed by atoms with E-state index in [1.165, 1.54) is 0 Å². The largest absolute Gasteiger partial charge is 0.496 e. The molecule has 23 heavy (non-hydrogen) atoms. The second-order valence-electron chi connectivity index (χ2n) is 6.00. The van der Waals surface area contributed by atoms with Crippen LogP contribution in [-0.2, 0) is 19.8 Å². The number of pyridine rings is 1. The van der Waals surface area contributed by atoms with Gasteiger partial charge in [0.15, 0.2) is 0 Å². The van der Waals surface area contributed by atoms with E-state index in [1.54, 1.807) is 18.6 Å². The Morgan fingerprint density at radius 1 is 1.30 bits per heavy atom. The van der Waals surface area contributed by atoms with E-state index in [0.29, 0.717) is 24.3 Å². The third kappa shape index (κ3) is 2.79. The van der Waals surface area contributed by atoms with Crippen LogP contribution in [0.4, 0.5) is 0 Å². The van der Waals surface area contributed by atoms with Gasteiger partial charge in [-0.15, -0.1) is 0 Å². The van der Waals surface area contributed by atoms with Crippen molar-refractivity contribution in [3.05, 3.63) is 41.1 Å². The van der Waals surface area contributed by atoms with Gasteiger partial charge in [0, 0.05) is 30.9 Å². The van der Waals surface area contributed by atoms with Gasteiger partial charge in [-0.25, -0.2) is 4.98 Å². The first-order valence-electron chi connectivity index (χ1n) is 7.82.